The highest BCUT2D eigenvalue weighted by atomic mass is 35.5. The number of hydrogen-bond donors (Lipinski definition) is 1. The predicted octanol–water partition coefficient (Wildman–Crippen LogP) is 4.06. The Morgan fingerprint density at radius 1 is 1.08 bits per heavy atom. The zero-order chi connectivity index (χ0) is 18.8. The lowest BCUT2D eigenvalue weighted by atomic mass is 9.94. The molecule has 0 fully saturated rings. The van der Waals surface area contributed by atoms with Gasteiger partial charge in [0.15, 0.2) is 0 Å². The Morgan fingerprint density at radius 2 is 1.81 bits per heavy atom. The van der Waals surface area contributed by atoms with E-state index in [-0.39, 0.29) is 5.91 Å². The summed E-state index contributed by atoms with van der Waals surface area (Å²) < 4.78 is 0. The zero-order valence-electron chi connectivity index (χ0n) is 14.8. The van der Waals surface area contributed by atoms with Crippen LogP contribution in [0.2, 0.25) is 5.02 Å². The molecule has 1 amide bonds. The van der Waals surface area contributed by atoms with Crippen LogP contribution in [0.5, 0.6) is 0 Å². The molecule has 0 aliphatic carbocycles. The lowest BCUT2D eigenvalue weighted by Crippen LogP contribution is -2.22. The van der Waals surface area contributed by atoms with E-state index < -0.39 is 0 Å². The Labute approximate surface area is 157 Å². The fourth-order valence-corrected chi connectivity index (χ4v) is 3.02. The molecule has 26 heavy (non-hydrogen) atoms. The summed E-state index contributed by atoms with van der Waals surface area (Å²) in [7, 11) is 3.40. The molecule has 0 radical (unpaired) electrons. The van der Waals surface area contributed by atoms with Crippen molar-refractivity contribution in [2.75, 3.05) is 19.8 Å². The first-order valence-electron chi connectivity index (χ1n) is 8.07. The Morgan fingerprint density at radius 3 is 2.46 bits per heavy atom. The van der Waals surface area contributed by atoms with Crippen molar-refractivity contribution in [3.05, 3.63) is 65.1 Å². The van der Waals surface area contributed by atoms with Crippen LogP contribution >= 0.6 is 11.6 Å². The standard InChI is InChI=1S/C20H19ClN4O/c1-12-19(14-5-7-18(22)24-11-14)15(8-9-23-12)13-4-6-17(21)16(10-13)20(26)25(2)3/h4-11H,1-3H3,(H2,22,24). The number of amides is 1. The van der Waals surface area contributed by atoms with E-state index >= 15 is 0 Å². The second kappa shape index (κ2) is 7.14. The summed E-state index contributed by atoms with van der Waals surface area (Å²) in [5.74, 6) is 0.320. The molecule has 0 aliphatic rings. The number of nitrogens with zero attached hydrogens (tertiary/aromatic N) is 3. The number of anilines is 1. The third kappa shape index (κ3) is 3.39. The molecule has 0 aliphatic heterocycles. The van der Waals surface area contributed by atoms with Crippen molar-refractivity contribution in [2.45, 2.75) is 6.92 Å². The van der Waals surface area contributed by atoms with Crippen molar-refractivity contribution in [3.63, 3.8) is 0 Å². The first-order valence-corrected chi connectivity index (χ1v) is 8.45. The third-order valence-electron chi connectivity index (χ3n) is 4.13. The number of benzene rings is 1. The lowest BCUT2D eigenvalue weighted by molar-refractivity contribution is 0.0828. The highest BCUT2D eigenvalue weighted by molar-refractivity contribution is 6.34. The summed E-state index contributed by atoms with van der Waals surface area (Å²) in [5.41, 5.74) is 10.7. The number of hydrogen-bond acceptors (Lipinski definition) is 4. The SMILES string of the molecule is Cc1nccc(-c2ccc(Cl)c(C(=O)N(C)C)c2)c1-c1ccc(N)nc1. The van der Waals surface area contributed by atoms with Crippen LogP contribution < -0.4 is 5.73 Å². The van der Waals surface area contributed by atoms with Crippen molar-refractivity contribution in [2.24, 2.45) is 0 Å². The number of nitrogens with two attached hydrogens (primary N) is 1. The highest BCUT2D eigenvalue weighted by Crippen LogP contribution is 2.35. The third-order valence-corrected chi connectivity index (χ3v) is 4.46. The van der Waals surface area contributed by atoms with E-state index in [1.165, 1.54) is 4.90 Å². The minimum Gasteiger partial charge on any atom is -0.384 e. The van der Waals surface area contributed by atoms with Gasteiger partial charge in [0, 0.05) is 43.3 Å². The van der Waals surface area contributed by atoms with Crippen LogP contribution in [0.1, 0.15) is 16.1 Å². The number of pyridine rings is 2. The van der Waals surface area contributed by atoms with Crippen LogP contribution in [-0.4, -0.2) is 34.9 Å². The van der Waals surface area contributed by atoms with Crippen LogP contribution in [0, 0.1) is 6.92 Å². The van der Waals surface area contributed by atoms with Gasteiger partial charge in [0.2, 0.25) is 0 Å². The molecule has 2 heterocycles. The van der Waals surface area contributed by atoms with Crippen LogP contribution in [0.15, 0.2) is 48.8 Å². The van der Waals surface area contributed by atoms with E-state index in [0.717, 1.165) is 27.9 Å². The lowest BCUT2D eigenvalue weighted by Gasteiger charge is -2.15. The van der Waals surface area contributed by atoms with E-state index in [0.29, 0.717) is 16.4 Å². The van der Waals surface area contributed by atoms with Gasteiger partial charge in [-0.15, -0.1) is 0 Å². The van der Waals surface area contributed by atoms with Crippen molar-refractivity contribution in [3.8, 4) is 22.3 Å². The van der Waals surface area contributed by atoms with Crippen molar-refractivity contribution in [1.29, 1.82) is 0 Å². The van der Waals surface area contributed by atoms with Gasteiger partial charge in [0.1, 0.15) is 5.82 Å². The maximum absolute atomic E-state index is 12.4. The topological polar surface area (TPSA) is 72.1 Å². The zero-order valence-corrected chi connectivity index (χ0v) is 15.6. The van der Waals surface area contributed by atoms with Gasteiger partial charge < -0.3 is 10.6 Å². The average Bonchev–Trinajstić information content (AvgIpc) is 2.62. The molecule has 0 atom stereocenters. The van der Waals surface area contributed by atoms with Crippen LogP contribution in [0.3, 0.4) is 0 Å². The first kappa shape index (κ1) is 17.9. The van der Waals surface area contributed by atoms with Gasteiger partial charge in [-0.1, -0.05) is 17.7 Å². The largest absolute Gasteiger partial charge is 0.384 e. The van der Waals surface area contributed by atoms with Crippen LogP contribution in [0.25, 0.3) is 22.3 Å². The molecule has 3 rings (SSSR count). The maximum atomic E-state index is 12.4. The number of aryl methyl sites for hydroxylation is 1. The normalized spacial score (nSPS) is 10.6. The molecule has 1 aromatic carbocycles. The summed E-state index contributed by atoms with van der Waals surface area (Å²) in [5, 5.41) is 0.425. The Bertz CT molecular complexity index is 968. The molecular formula is C20H19ClN4O. The quantitative estimate of drug-likeness (QED) is 0.758. The average molecular weight is 367 g/mol. The first-order chi connectivity index (χ1) is 12.4. The summed E-state index contributed by atoms with van der Waals surface area (Å²) >= 11 is 6.24. The smallest absolute Gasteiger partial charge is 0.254 e. The van der Waals surface area contributed by atoms with Crippen LogP contribution in [0.4, 0.5) is 5.82 Å². The van der Waals surface area contributed by atoms with Crippen molar-refractivity contribution >= 4 is 23.3 Å². The molecule has 2 aromatic heterocycles. The van der Waals surface area contributed by atoms with E-state index in [1.54, 1.807) is 38.6 Å². The molecule has 6 heteroatoms. The Balaban J connectivity index is 2.19. The minimum absolute atomic E-state index is 0.140. The fraction of sp³-hybridized carbons (Fsp3) is 0.150. The van der Waals surface area contributed by atoms with E-state index in [9.17, 15) is 4.79 Å². The van der Waals surface area contributed by atoms with Gasteiger partial charge >= 0.3 is 0 Å². The number of aromatic nitrogens is 2. The molecule has 0 saturated carbocycles. The van der Waals surface area contributed by atoms with Crippen molar-refractivity contribution in [1.82, 2.24) is 14.9 Å². The molecular weight excluding hydrogens is 348 g/mol. The molecule has 5 nitrogen and oxygen atoms in total. The van der Waals surface area contributed by atoms with Gasteiger partial charge in [-0.05, 0) is 48.4 Å². The van der Waals surface area contributed by atoms with Gasteiger partial charge in [-0.25, -0.2) is 4.98 Å². The highest BCUT2D eigenvalue weighted by Gasteiger charge is 2.17. The van der Waals surface area contributed by atoms with E-state index in [2.05, 4.69) is 9.97 Å². The molecule has 2 N–H and O–H groups in total. The Kier molecular flexibility index (Phi) is 4.91. The maximum Gasteiger partial charge on any atom is 0.254 e. The summed E-state index contributed by atoms with van der Waals surface area (Å²) in [6.45, 7) is 1.94. The molecule has 3 aromatic rings. The second-order valence-electron chi connectivity index (χ2n) is 6.18. The molecule has 0 saturated heterocycles. The van der Waals surface area contributed by atoms with Crippen LogP contribution in [-0.2, 0) is 0 Å². The molecule has 132 valence electrons. The van der Waals surface area contributed by atoms with Gasteiger partial charge in [0.05, 0.1) is 10.6 Å². The number of nitrogen functional groups attached to an aromatic ring is 1. The molecule has 0 unspecified atom stereocenters. The van der Waals surface area contributed by atoms with E-state index in [1.807, 2.05) is 31.2 Å². The monoisotopic (exact) mass is 366 g/mol. The second-order valence-corrected chi connectivity index (χ2v) is 6.59. The molecule has 0 spiro atoms. The number of rotatable bonds is 3. The number of halogens is 1. The molecule has 0 bridgehead atoms. The van der Waals surface area contributed by atoms with Gasteiger partial charge in [0.25, 0.3) is 5.91 Å². The minimum atomic E-state index is -0.140. The summed E-state index contributed by atoms with van der Waals surface area (Å²) in [4.78, 5) is 22.5. The van der Waals surface area contributed by atoms with Gasteiger partial charge in [-0.3, -0.25) is 9.78 Å². The van der Waals surface area contributed by atoms with Gasteiger partial charge in [-0.2, -0.15) is 0 Å². The number of carbonyl (C=O) groups excluding carboxylic acids is 1. The summed E-state index contributed by atoms with van der Waals surface area (Å²) in [6, 6.07) is 11.1. The summed E-state index contributed by atoms with van der Waals surface area (Å²) in [6.07, 6.45) is 3.48. The number of carbonyl (C=O) groups is 1. The predicted molar refractivity (Wildman–Crippen MR) is 105 cm³/mol. The fourth-order valence-electron chi connectivity index (χ4n) is 2.82. The van der Waals surface area contributed by atoms with Crippen molar-refractivity contribution < 1.29 is 4.79 Å². The van der Waals surface area contributed by atoms with E-state index in [4.69, 9.17) is 17.3 Å². The Hall–Kier alpha value is -2.92.